The average molecular weight is 238 g/mol. The minimum absolute atomic E-state index is 0.0247. The van der Waals surface area contributed by atoms with Crippen LogP contribution in [0.1, 0.15) is 11.5 Å². The van der Waals surface area contributed by atoms with E-state index in [4.69, 9.17) is 14.6 Å². The van der Waals surface area contributed by atoms with Crippen LogP contribution in [0.25, 0.3) is 11.0 Å². The van der Waals surface area contributed by atoms with E-state index in [2.05, 4.69) is 0 Å². The Morgan fingerprint density at radius 1 is 1.24 bits per heavy atom. The average Bonchev–Trinajstić information content (AvgIpc) is 2.64. The van der Waals surface area contributed by atoms with Crippen molar-refractivity contribution in [3.8, 4) is 0 Å². The third-order valence-corrected chi connectivity index (χ3v) is 2.36. The molecule has 0 amide bonds. The van der Waals surface area contributed by atoms with Gasteiger partial charge in [0.15, 0.2) is 17.3 Å². The lowest BCUT2D eigenvalue weighted by atomic mass is 9.98. The van der Waals surface area contributed by atoms with Crippen molar-refractivity contribution < 1.29 is 28.6 Å². The van der Waals surface area contributed by atoms with E-state index in [0.717, 1.165) is 6.07 Å². The van der Waals surface area contributed by atoms with E-state index in [1.54, 1.807) is 0 Å². The van der Waals surface area contributed by atoms with Crippen molar-refractivity contribution in [3.05, 3.63) is 35.8 Å². The molecule has 0 saturated carbocycles. The Kier molecular flexibility index (Phi) is 2.55. The van der Waals surface area contributed by atoms with Crippen molar-refractivity contribution in [1.29, 1.82) is 0 Å². The number of aliphatic carboxylic acids is 2. The smallest absolute Gasteiger partial charge is 0.322 e. The maximum atomic E-state index is 13.5. The van der Waals surface area contributed by atoms with E-state index < -0.39 is 23.7 Å². The van der Waals surface area contributed by atoms with E-state index in [-0.39, 0.29) is 11.1 Å². The Balaban J connectivity index is 2.61. The Labute approximate surface area is 94.1 Å². The minimum Gasteiger partial charge on any atom is -0.480 e. The first-order valence-electron chi connectivity index (χ1n) is 4.63. The standard InChI is InChI=1S/C11H7FO5/c12-7-4-6(8(10(13)14)11(15)16)3-5-1-2-17-9(5)7/h1-4,8H,(H,13,14)(H,15,16). The second-order valence-electron chi connectivity index (χ2n) is 3.45. The lowest BCUT2D eigenvalue weighted by Gasteiger charge is -2.07. The molecule has 0 radical (unpaired) electrons. The molecule has 6 heteroatoms. The molecule has 2 N–H and O–H groups in total. The number of furan rings is 1. The molecule has 2 rings (SSSR count). The van der Waals surface area contributed by atoms with Crippen LogP contribution in [0.4, 0.5) is 4.39 Å². The maximum Gasteiger partial charge on any atom is 0.322 e. The molecule has 0 aliphatic carbocycles. The summed E-state index contributed by atoms with van der Waals surface area (Å²) in [6.07, 6.45) is 1.24. The summed E-state index contributed by atoms with van der Waals surface area (Å²) in [6.45, 7) is 0. The van der Waals surface area contributed by atoms with E-state index >= 15 is 0 Å². The Morgan fingerprint density at radius 3 is 2.47 bits per heavy atom. The first-order valence-corrected chi connectivity index (χ1v) is 4.63. The van der Waals surface area contributed by atoms with Crippen molar-refractivity contribution in [2.24, 2.45) is 0 Å². The van der Waals surface area contributed by atoms with Gasteiger partial charge in [-0.1, -0.05) is 0 Å². The van der Waals surface area contributed by atoms with E-state index in [0.29, 0.717) is 5.39 Å². The van der Waals surface area contributed by atoms with Gasteiger partial charge in [0.25, 0.3) is 0 Å². The van der Waals surface area contributed by atoms with Crippen LogP contribution >= 0.6 is 0 Å². The number of carboxylic acids is 2. The highest BCUT2D eigenvalue weighted by Crippen LogP contribution is 2.26. The molecule has 0 saturated heterocycles. The van der Waals surface area contributed by atoms with Crippen LogP contribution < -0.4 is 0 Å². The van der Waals surface area contributed by atoms with E-state index in [1.807, 2.05) is 0 Å². The third-order valence-electron chi connectivity index (χ3n) is 2.36. The molecule has 17 heavy (non-hydrogen) atoms. The van der Waals surface area contributed by atoms with Gasteiger partial charge in [0, 0.05) is 5.39 Å². The molecule has 0 unspecified atom stereocenters. The molecule has 0 atom stereocenters. The first kappa shape index (κ1) is 11.1. The SMILES string of the molecule is O=C(O)C(C(=O)O)c1cc(F)c2occc2c1. The van der Waals surface area contributed by atoms with Crippen LogP contribution in [0.5, 0.6) is 0 Å². The van der Waals surface area contributed by atoms with Gasteiger partial charge in [0.2, 0.25) is 0 Å². The van der Waals surface area contributed by atoms with Crippen LogP contribution in [-0.4, -0.2) is 22.2 Å². The van der Waals surface area contributed by atoms with E-state index in [1.165, 1.54) is 18.4 Å². The van der Waals surface area contributed by atoms with Gasteiger partial charge in [-0.2, -0.15) is 0 Å². The molecular weight excluding hydrogens is 231 g/mol. The van der Waals surface area contributed by atoms with Gasteiger partial charge in [-0.05, 0) is 23.8 Å². The Hall–Kier alpha value is -2.37. The predicted octanol–water partition coefficient (Wildman–Crippen LogP) is 1.82. The number of hydrogen-bond acceptors (Lipinski definition) is 3. The molecule has 0 bridgehead atoms. The highest BCUT2D eigenvalue weighted by atomic mass is 19.1. The first-order chi connectivity index (χ1) is 8.00. The zero-order chi connectivity index (χ0) is 12.6. The molecule has 88 valence electrons. The molecular formula is C11H7FO5. The number of fused-ring (bicyclic) bond motifs is 1. The summed E-state index contributed by atoms with van der Waals surface area (Å²) in [5.74, 6) is -5.65. The predicted molar refractivity (Wildman–Crippen MR) is 54.2 cm³/mol. The van der Waals surface area contributed by atoms with Crippen molar-refractivity contribution in [1.82, 2.24) is 0 Å². The van der Waals surface area contributed by atoms with Gasteiger partial charge in [-0.25, -0.2) is 4.39 Å². The maximum absolute atomic E-state index is 13.5. The van der Waals surface area contributed by atoms with Crippen molar-refractivity contribution in [2.45, 2.75) is 5.92 Å². The fourth-order valence-electron chi connectivity index (χ4n) is 1.62. The number of benzene rings is 1. The molecule has 2 aromatic rings. The van der Waals surface area contributed by atoms with Crippen LogP contribution in [0.2, 0.25) is 0 Å². The summed E-state index contributed by atoms with van der Waals surface area (Å²) in [5, 5.41) is 17.9. The van der Waals surface area contributed by atoms with Gasteiger partial charge in [-0.3, -0.25) is 9.59 Å². The van der Waals surface area contributed by atoms with Gasteiger partial charge in [0.1, 0.15) is 0 Å². The summed E-state index contributed by atoms with van der Waals surface area (Å²) in [5.41, 5.74) is -0.153. The summed E-state index contributed by atoms with van der Waals surface area (Å²) in [4.78, 5) is 21.6. The summed E-state index contributed by atoms with van der Waals surface area (Å²) in [6, 6.07) is 3.58. The number of rotatable bonds is 3. The molecule has 5 nitrogen and oxygen atoms in total. The van der Waals surface area contributed by atoms with Crippen molar-refractivity contribution in [2.75, 3.05) is 0 Å². The highest BCUT2D eigenvalue weighted by molar-refractivity contribution is 5.99. The van der Waals surface area contributed by atoms with Crippen LogP contribution in [0.3, 0.4) is 0 Å². The van der Waals surface area contributed by atoms with Gasteiger partial charge < -0.3 is 14.6 Å². The summed E-state index contributed by atoms with van der Waals surface area (Å²) < 4.78 is 18.3. The molecule has 0 aliphatic rings. The van der Waals surface area contributed by atoms with Gasteiger partial charge >= 0.3 is 11.9 Å². The minimum atomic E-state index is -1.79. The fraction of sp³-hybridized carbons (Fsp3) is 0.0909. The second kappa shape index (κ2) is 3.89. The van der Waals surface area contributed by atoms with Crippen LogP contribution in [-0.2, 0) is 9.59 Å². The third kappa shape index (κ3) is 1.84. The molecule has 0 fully saturated rings. The Bertz CT molecular complexity index is 587. The second-order valence-corrected chi connectivity index (χ2v) is 3.45. The normalized spacial score (nSPS) is 10.9. The van der Waals surface area contributed by atoms with Gasteiger partial charge in [-0.15, -0.1) is 0 Å². The molecule has 1 aromatic carbocycles. The zero-order valence-electron chi connectivity index (χ0n) is 8.38. The number of carboxylic acid groups (broad SMARTS) is 2. The highest BCUT2D eigenvalue weighted by Gasteiger charge is 2.29. The monoisotopic (exact) mass is 238 g/mol. The van der Waals surface area contributed by atoms with Gasteiger partial charge in [0.05, 0.1) is 6.26 Å². The fourth-order valence-corrected chi connectivity index (χ4v) is 1.62. The molecule has 1 aromatic heterocycles. The topological polar surface area (TPSA) is 87.7 Å². The number of halogens is 1. The van der Waals surface area contributed by atoms with Crippen LogP contribution in [0, 0.1) is 5.82 Å². The van der Waals surface area contributed by atoms with Crippen LogP contribution in [0.15, 0.2) is 28.9 Å². The lowest BCUT2D eigenvalue weighted by Crippen LogP contribution is -2.21. The molecule has 0 aliphatic heterocycles. The van der Waals surface area contributed by atoms with E-state index in [9.17, 15) is 14.0 Å². The zero-order valence-corrected chi connectivity index (χ0v) is 8.38. The molecule has 0 spiro atoms. The number of hydrogen-bond donors (Lipinski definition) is 2. The lowest BCUT2D eigenvalue weighted by molar-refractivity contribution is -0.150. The summed E-state index contributed by atoms with van der Waals surface area (Å²) in [7, 11) is 0. The van der Waals surface area contributed by atoms with Crippen molar-refractivity contribution >= 4 is 22.9 Å². The van der Waals surface area contributed by atoms with Crippen molar-refractivity contribution in [3.63, 3.8) is 0 Å². The summed E-state index contributed by atoms with van der Waals surface area (Å²) >= 11 is 0. The largest absolute Gasteiger partial charge is 0.480 e. The quantitative estimate of drug-likeness (QED) is 0.796. The Morgan fingerprint density at radius 2 is 1.88 bits per heavy atom. The molecule has 1 heterocycles. The number of carbonyl (C=O) groups is 2.